The maximum atomic E-state index is 13.1. The van der Waals surface area contributed by atoms with Crippen molar-refractivity contribution in [2.75, 3.05) is 0 Å². The van der Waals surface area contributed by atoms with Crippen molar-refractivity contribution in [3.8, 4) is 0 Å². The van der Waals surface area contributed by atoms with Crippen LogP contribution in [-0.2, 0) is 4.79 Å². The Balaban J connectivity index is 1.86. The molecule has 3 rings (SSSR count). The average Bonchev–Trinajstić information content (AvgIpc) is 2.64. The molecule has 3 heteroatoms. The molecule has 0 unspecified atom stereocenters. The highest BCUT2D eigenvalue weighted by Crippen LogP contribution is 2.26. The number of benzene rings is 3. The molecule has 0 saturated heterocycles. The zero-order chi connectivity index (χ0) is 17.6. The van der Waals surface area contributed by atoms with Crippen molar-refractivity contribution in [2.24, 2.45) is 0 Å². The highest BCUT2D eigenvalue weighted by molar-refractivity contribution is 6.30. The topological polar surface area (TPSA) is 29.1 Å². The Morgan fingerprint density at radius 1 is 0.760 bits per heavy atom. The fourth-order valence-corrected chi connectivity index (χ4v) is 3.04. The van der Waals surface area contributed by atoms with Crippen LogP contribution in [0, 0.1) is 0 Å². The van der Waals surface area contributed by atoms with Gasteiger partial charge in [-0.1, -0.05) is 84.4 Å². The number of nitrogens with one attached hydrogen (secondary N) is 1. The molecule has 25 heavy (non-hydrogen) atoms. The lowest BCUT2D eigenvalue weighted by atomic mass is 9.90. The lowest BCUT2D eigenvalue weighted by molar-refractivity contribution is -0.122. The zero-order valence-electron chi connectivity index (χ0n) is 14.0. The highest BCUT2D eigenvalue weighted by atomic mass is 35.5. The smallest absolute Gasteiger partial charge is 0.232 e. The Hall–Kier alpha value is -2.58. The first-order valence-corrected chi connectivity index (χ1v) is 8.68. The van der Waals surface area contributed by atoms with Crippen LogP contribution in [0.1, 0.15) is 35.6 Å². The zero-order valence-corrected chi connectivity index (χ0v) is 14.8. The Labute approximate surface area is 153 Å². The summed E-state index contributed by atoms with van der Waals surface area (Å²) in [5, 5.41) is 3.82. The van der Waals surface area contributed by atoms with Gasteiger partial charge in [0.2, 0.25) is 5.91 Å². The van der Waals surface area contributed by atoms with E-state index < -0.39 is 0 Å². The molecular weight excluding hydrogens is 330 g/mol. The predicted octanol–water partition coefficient (Wildman–Crippen LogP) is 5.35. The third-order valence-corrected chi connectivity index (χ3v) is 4.51. The Kier molecular flexibility index (Phi) is 5.52. The van der Waals surface area contributed by atoms with Crippen molar-refractivity contribution >= 4 is 17.5 Å². The van der Waals surface area contributed by atoms with E-state index in [0.29, 0.717) is 5.02 Å². The van der Waals surface area contributed by atoms with Gasteiger partial charge in [0.1, 0.15) is 0 Å². The normalized spacial score (nSPS) is 12.0. The second-order valence-electron chi connectivity index (χ2n) is 6.04. The summed E-state index contributed by atoms with van der Waals surface area (Å²) in [5.41, 5.74) is 2.99. The van der Waals surface area contributed by atoms with Crippen molar-refractivity contribution in [1.82, 2.24) is 5.32 Å². The van der Waals surface area contributed by atoms with Crippen LogP contribution in [0.3, 0.4) is 0 Å². The van der Waals surface area contributed by atoms with Gasteiger partial charge in [-0.25, -0.2) is 0 Å². The molecule has 1 atom stereocenters. The summed E-state index contributed by atoms with van der Waals surface area (Å²) >= 11 is 5.95. The van der Waals surface area contributed by atoms with E-state index in [9.17, 15) is 4.79 Å². The van der Waals surface area contributed by atoms with Crippen LogP contribution in [0.15, 0.2) is 84.9 Å². The first-order valence-electron chi connectivity index (χ1n) is 8.31. The number of amides is 1. The van der Waals surface area contributed by atoms with Gasteiger partial charge in [-0.2, -0.15) is 0 Å². The van der Waals surface area contributed by atoms with Crippen LogP contribution in [0.25, 0.3) is 0 Å². The fraction of sp³-hybridized carbons (Fsp3) is 0.136. The molecule has 0 saturated carbocycles. The van der Waals surface area contributed by atoms with Crippen LogP contribution in [0.5, 0.6) is 0 Å². The van der Waals surface area contributed by atoms with Crippen LogP contribution >= 0.6 is 11.6 Å². The monoisotopic (exact) mass is 349 g/mol. The lowest BCUT2D eigenvalue weighted by Crippen LogP contribution is -2.32. The first kappa shape index (κ1) is 17.2. The average molecular weight is 350 g/mol. The molecule has 0 heterocycles. The van der Waals surface area contributed by atoms with Crippen molar-refractivity contribution in [2.45, 2.75) is 18.9 Å². The van der Waals surface area contributed by atoms with E-state index in [1.54, 1.807) is 0 Å². The van der Waals surface area contributed by atoms with E-state index >= 15 is 0 Å². The minimum atomic E-state index is -0.336. The minimum Gasteiger partial charge on any atom is -0.349 e. The summed E-state index contributed by atoms with van der Waals surface area (Å²) in [7, 11) is 0. The summed E-state index contributed by atoms with van der Waals surface area (Å²) in [5.74, 6) is -0.350. The Bertz CT molecular complexity index is 776. The summed E-state index contributed by atoms with van der Waals surface area (Å²) < 4.78 is 0. The van der Waals surface area contributed by atoms with Crippen LogP contribution < -0.4 is 5.32 Å². The molecule has 0 bridgehead atoms. The summed E-state index contributed by atoms with van der Waals surface area (Å²) in [4.78, 5) is 13.1. The molecule has 126 valence electrons. The van der Waals surface area contributed by atoms with Gasteiger partial charge in [0.15, 0.2) is 0 Å². The predicted molar refractivity (Wildman–Crippen MR) is 103 cm³/mol. The number of hydrogen-bond acceptors (Lipinski definition) is 1. The fourth-order valence-electron chi connectivity index (χ4n) is 2.92. The van der Waals surface area contributed by atoms with Crippen LogP contribution in [0.2, 0.25) is 5.02 Å². The molecule has 0 aromatic heterocycles. The Morgan fingerprint density at radius 2 is 1.24 bits per heavy atom. The number of hydrogen-bond donors (Lipinski definition) is 1. The largest absolute Gasteiger partial charge is 0.349 e. The summed E-state index contributed by atoms with van der Waals surface area (Å²) in [6, 6.07) is 27.2. The third-order valence-electron chi connectivity index (χ3n) is 4.26. The van der Waals surface area contributed by atoms with Crippen molar-refractivity contribution < 1.29 is 4.79 Å². The number of carbonyl (C=O) groups is 1. The number of carbonyl (C=O) groups excluding carboxylic acids is 1. The maximum Gasteiger partial charge on any atom is 0.232 e. The van der Waals surface area contributed by atoms with Gasteiger partial charge in [0.25, 0.3) is 0 Å². The van der Waals surface area contributed by atoms with Crippen LogP contribution in [0.4, 0.5) is 0 Å². The lowest BCUT2D eigenvalue weighted by Gasteiger charge is -2.21. The maximum absolute atomic E-state index is 13.1. The molecule has 3 aromatic carbocycles. The van der Waals surface area contributed by atoms with Gasteiger partial charge in [0.05, 0.1) is 12.0 Å². The second-order valence-corrected chi connectivity index (χ2v) is 6.47. The van der Waals surface area contributed by atoms with E-state index in [1.165, 1.54) is 0 Å². The molecular formula is C22H20ClNO. The van der Waals surface area contributed by atoms with Gasteiger partial charge in [0, 0.05) is 5.02 Å². The molecule has 0 aliphatic carbocycles. The summed E-state index contributed by atoms with van der Waals surface area (Å²) in [6.07, 6.45) is 0. The van der Waals surface area contributed by atoms with Crippen molar-refractivity contribution in [3.05, 3.63) is 107 Å². The Morgan fingerprint density at radius 3 is 1.72 bits per heavy atom. The van der Waals surface area contributed by atoms with E-state index in [0.717, 1.165) is 16.7 Å². The van der Waals surface area contributed by atoms with Gasteiger partial charge in [-0.05, 0) is 35.7 Å². The molecule has 3 aromatic rings. The molecule has 0 radical (unpaired) electrons. The molecule has 2 nitrogen and oxygen atoms in total. The van der Waals surface area contributed by atoms with E-state index in [1.807, 2.05) is 91.9 Å². The quantitative estimate of drug-likeness (QED) is 0.661. The molecule has 0 aliphatic heterocycles. The second kappa shape index (κ2) is 8.00. The number of rotatable bonds is 5. The molecule has 0 spiro atoms. The molecule has 0 aliphatic rings. The van der Waals surface area contributed by atoms with Crippen molar-refractivity contribution in [1.29, 1.82) is 0 Å². The number of halogens is 1. The molecule has 1 amide bonds. The van der Waals surface area contributed by atoms with Crippen LogP contribution in [-0.4, -0.2) is 5.91 Å². The van der Waals surface area contributed by atoms with E-state index in [2.05, 4.69) is 5.32 Å². The van der Waals surface area contributed by atoms with Gasteiger partial charge >= 0.3 is 0 Å². The minimum absolute atomic E-state index is 0.0140. The molecule has 1 N–H and O–H groups in total. The van der Waals surface area contributed by atoms with Gasteiger partial charge < -0.3 is 5.32 Å². The standard InChI is InChI=1S/C22H20ClNO/c1-16(17-12-14-20(23)15-13-17)24-22(25)21(18-8-4-2-5-9-18)19-10-6-3-7-11-19/h2-16,21H,1H3,(H,24,25)/t16-/m0/s1. The summed E-state index contributed by atoms with van der Waals surface area (Å²) in [6.45, 7) is 1.98. The first-order chi connectivity index (χ1) is 12.1. The van der Waals surface area contributed by atoms with Gasteiger partial charge in [-0.3, -0.25) is 4.79 Å². The van der Waals surface area contributed by atoms with E-state index in [4.69, 9.17) is 11.6 Å². The SMILES string of the molecule is C[C@H](NC(=O)C(c1ccccc1)c1ccccc1)c1ccc(Cl)cc1. The molecule has 0 fully saturated rings. The third kappa shape index (κ3) is 4.28. The highest BCUT2D eigenvalue weighted by Gasteiger charge is 2.24. The van der Waals surface area contributed by atoms with E-state index in [-0.39, 0.29) is 17.9 Å². The van der Waals surface area contributed by atoms with Gasteiger partial charge in [-0.15, -0.1) is 0 Å². The van der Waals surface area contributed by atoms with Crippen molar-refractivity contribution in [3.63, 3.8) is 0 Å².